The second-order valence-electron chi connectivity index (χ2n) is 5.29. The Balaban J connectivity index is 1.66. The summed E-state index contributed by atoms with van der Waals surface area (Å²) in [6, 6.07) is 30.8. The van der Waals surface area contributed by atoms with Crippen LogP contribution < -0.4 is 4.46 Å². The van der Waals surface area contributed by atoms with Gasteiger partial charge in [0, 0.05) is 0 Å². The number of oxime groups is 1. The fraction of sp³-hybridized carbons (Fsp3) is 0.0455. The fourth-order valence-corrected chi connectivity index (χ4v) is 4.00. The summed E-state index contributed by atoms with van der Waals surface area (Å²) in [6.45, 7) is 0.454. The zero-order valence-electron chi connectivity index (χ0n) is 13.8. The molecule has 3 heteroatoms. The Morgan fingerprint density at radius 3 is 2.08 bits per heavy atom. The summed E-state index contributed by atoms with van der Waals surface area (Å²) in [7, 11) is 0. The topological polar surface area (TPSA) is 21.6 Å². The van der Waals surface area contributed by atoms with Gasteiger partial charge in [-0.15, -0.1) is 0 Å². The van der Waals surface area contributed by atoms with Crippen molar-refractivity contribution in [3.8, 4) is 0 Å². The second kappa shape index (κ2) is 9.63. The van der Waals surface area contributed by atoms with Gasteiger partial charge in [-0.3, -0.25) is 0 Å². The van der Waals surface area contributed by atoms with Crippen LogP contribution in [-0.2, 0) is 4.84 Å². The molecule has 0 saturated carbocycles. The van der Waals surface area contributed by atoms with E-state index in [0.717, 1.165) is 15.7 Å². The normalized spacial score (nSPS) is 11.6. The first-order valence-corrected chi connectivity index (χ1v) is 9.83. The van der Waals surface area contributed by atoms with Gasteiger partial charge in [-0.1, -0.05) is 0 Å². The first-order valence-electron chi connectivity index (χ1n) is 8.12. The number of benzene rings is 3. The number of hydrogen-bond donors (Lipinski definition) is 0. The molecule has 0 bridgehead atoms. The molecule has 25 heavy (non-hydrogen) atoms. The predicted molar refractivity (Wildman–Crippen MR) is 106 cm³/mol. The zero-order valence-corrected chi connectivity index (χ0v) is 15.5. The third kappa shape index (κ3) is 5.75. The van der Waals surface area contributed by atoms with Crippen LogP contribution >= 0.6 is 0 Å². The molecule has 0 N–H and O–H groups in total. The first-order chi connectivity index (χ1) is 12.4. The van der Waals surface area contributed by atoms with Crippen LogP contribution in [0.4, 0.5) is 0 Å². The van der Waals surface area contributed by atoms with Crippen LogP contribution in [0.1, 0.15) is 11.1 Å². The van der Waals surface area contributed by atoms with Crippen LogP contribution in [-0.4, -0.2) is 26.2 Å². The molecule has 0 unspecified atom stereocenters. The van der Waals surface area contributed by atoms with E-state index in [1.807, 2.05) is 54.6 Å². The minimum atomic E-state index is 0.103. The van der Waals surface area contributed by atoms with Gasteiger partial charge in [0.2, 0.25) is 0 Å². The quantitative estimate of drug-likeness (QED) is 0.257. The molecule has 0 atom stereocenters. The molecule has 0 aromatic heterocycles. The van der Waals surface area contributed by atoms with Gasteiger partial charge in [-0.05, 0) is 0 Å². The van der Waals surface area contributed by atoms with Gasteiger partial charge in [0.1, 0.15) is 0 Å². The van der Waals surface area contributed by atoms with E-state index >= 15 is 0 Å². The van der Waals surface area contributed by atoms with E-state index in [9.17, 15) is 0 Å². The van der Waals surface area contributed by atoms with Crippen LogP contribution in [0.5, 0.6) is 0 Å². The van der Waals surface area contributed by atoms with E-state index in [-0.39, 0.29) is 15.0 Å². The van der Waals surface area contributed by atoms with Crippen molar-refractivity contribution in [2.45, 2.75) is 0 Å². The third-order valence-electron chi connectivity index (χ3n) is 3.41. The molecule has 0 aliphatic heterocycles. The summed E-state index contributed by atoms with van der Waals surface area (Å²) in [4.78, 5) is 5.56. The van der Waals surface area contributed by atoms with Gasteiger partial charge < -0.3 is 0 Å². The van der Waals surface area contributed by atoms with Crippen LogP contribution in [0, 0.1) is 0 Å². The van der Waals surface area contributed by atoms with Crippen LogP contribution in [0.15, 0.2) is 102 Å². The van der Waals surface area contributed by atoms with Gasteiger partial charge in [0.05, 0.1) is 0 Å². The predicted octanol–water partition coefficient (Wildman–Crippen LogP) is 4.11. The Hall–Kier alpha value is -2.61. The van der Waals surface area contributed by atoms with Gasteiger partial charge in [0.15, 0.2) is 0 Å². The van der Waals surface area contributed by atoms with E-state index in [0.29, 0.717) is 6.61 Å². The molecule has 0 fully saturated rings. The minimum absolute atomic E-state index is 0.103. The molecule has 0 amide bonds. The van der Waals surface area contributed by atoms with Crippen molar-refractivity contribution in [3.05, 3.63) is 108 Å². The van der Waals surface area contributed by atoms with Crippen molar-refractivity contribution in [3.63, 3.8) is 0 Å². The summed E-state index contributed by atoms with van der Waals surface area (Å²) in [6.07, 6.45) is 4.02. The molecule has 124 valence electrons. The number of nitrogens with zero attached hydrogens (tertiary/aromatic N) is 1. The molecule has 0 aliphatic rings. The van der Waals surface area contributed by atoms with E-state index < -0.39 is 0 Å². The summed E-state index contributed by atoms with van der Waals surface area (Å²) < 4.78 is 2.27. The molecular formula is C22H19NOSe. The van der Waals surface area contributed by atoms with Crippen molar-refractivity contribution in [1.82, 2.24) is 0 Å². The molecule has 3 rings (SSSR count). The Bertz CT molecular complexity index is 814. The average molecular weight is 392 g/mol. The molecule has 0 heterocycles. The van der Waals surface area contributed by atoms with Gasteiger partial charge >= 0.3 is 155 Å². The van der Waals surface area contributed by atoms with Crippen molar-refractivity contribution < 1.29 is 4.84 Å². The molecule has 2 nitrogen and oxygen atoms in total. The number of hydrogen-bond acceptors (Lipinski definition) is 2. The fourth-order valence-electron chi connectivity index (χ4n) is 2.20. The summed E-state index contributed by atoms with van der Waals surface area (Å²) in [5.74, 6) is 0. The Kier molecular flexibility index (Phi) is 6.63. The van der Waals surface area contributed by atoms with E-state index in [1.54, 1.807) is 0 Å². The van der Waals surface area contributed by atoms with Crippen LogP contribution in [0.2, 0.25) is 0 Å². The van der Waals surface area contributed by atoms with E-state index in [4.69, 9.17) is 4.84 Å². The molecule has 3 aromatic rings. The molecule has 0 aliphatic carbocycles. The zero-order chi connectivity index (χ0) is 17.2. The molecule has 0 spiro atoms. The molecule has 3 aromatic carbocycles. The third-order valence-corrected chi connectivity index (χ3v) is 5.53. The van der Waals surface area contributed by atoms with Gasteiger partial charge in [-0.25, -0.2) is 0 Å². The standard InChI is InChI=1S/C22H19NOSe/c1-4-11-19(12-5-1)13-10-18-24-23-22(20-14-6-2-7-15-20)25-21-16-8-3-9-17-21/h1-17H,18H2/b13-10+,23-22+. The maximum atomic E-state index is 5.56. The van der Waals surface area contributed by atoms with E-state index in [2.05, 4.69) is 53.7 Å². The van der Waals surface area contributed by atoms with Crippen molar-refractivity contribution in [1.29, 1.82) is 0 Å². The maximum absolute atomic E-state index is 5.56. The molecular weight excluding hydrogens is 373 g/mol. The monoisotopic (exact) mass is 393 g/mol. The van der Waals surface area contributed by atoms with Crippen LogP contribution in [0.25, 0.3) is 6.08 Å². The van der Waals surface area contributed by atoms with Gasteiger partial charge in [-0.2, -0.15) is 0 Å². The summed E-state index contributed by atoms with van der Waals surface area (Å²) in [5.41, 5.74) is 2.27. The Morgan fingerprint density at radius 2 is 1.40 bits per heavy atom. The Labute approximate surface area is 155 Å². The molecule has 0 saturated heterocycles. The van der Waals surface area contributed by atoms with Crippen molar-refractivity contribution in [2.24, 2.45) is 5.16 Å². The SMILES string of the molecule is C(=C\c1ccccc1)/CO/N=C(/[Se]c1ccccc1)c1ccccc1. The van der Waals surface area contributed by atoms with Crippen LogP contribution in [0.3, 0.4) is 0 Å². The van der Waals surface area contributed by atoms with Crippen molar-refractivity contribution >= 4 is 30.1 Å². The Morgan fingerprint density at radius 1 is 0.800 bits per heavy atom. The average Bonchev–Trinajstić information content (AvgIpc) is 2.69. The number of rotatable bonds is 7. The van der Waals surface area contributed by atoms with E-state index in [1.165, 1.54) is 4.46 Å². The summed E-state index contributed by atoms with van der Waals surface area (Å²) >= 11 is 0.103. The van der Waals surface area contributed by atoms with Gasteiger partial charge in [0.25, 0.3) is 0 Å². The van der Waals surface area contributed by atoms with Crippen molar-refractivity contribution in [2.75, 3.05) is 6.61 Å². The first kappa shape index (κ1) is 17.2. The second-order valence-corrected chi connectivity index (χ2v) is 7.52. The summed E-state index contributed by atoms with van der Waals surface area (Å²) in [5, 5.41) is 4.41. The molecule has 0 radical (unpaired) electrons.